The molecule has 1 aromatic heterocycles. The number of nitrogens with one attached hydrogen (secondary N) is 1. The summed E-state index contributed by atoms with van der Waals surface area (Å²) in [7, 11) is 0. The van der Waals surface area contributed by atoms with Gasteiger partial charge in [-0.25, -0.2) is 4.79 Å². The van der Waals surface area contributed by atoms with Crippen molar-refractivity contribution < 1.29 is 13.9 Å². The second kappa shape index (κ2) is 6.62. The van der Waals surface area contributed by atoms with Crippen molar-refractivity contribution in [1.82, 2.24) is 4.57 Å². The average molecular weight is 326 g/mol. The number of amides is 1. The van der Waals surface area contributed by atoms with Gasteiger partial charge in [0.1, 0.15) is 5.75 Å². The van der Waals surface area contributed by atoms with Gasteiger partial charge in [0.2, 0.25) is 0 Å². The quantitative estimate of drug-likeness (QED) is 0.782. The maximum atomic E-state index is 12.0. The van der Waals surface area contributed by atoms with Gasteiger partial charge < -0.3 is 14.5 Å². The van der Waals surface area contributed by atoms with E-state index in [1.54, 1.807) is 18.2 Å². The summed E-state index contributed by atoms with van der Waals surface area (Å²) >= 11 is 0. The van der Waals surface area contributed by atoms with Gasteiger partial charge in [0, 0.05) is 18.3 Å². The Hall–Kier alpha value is -3.02. The predicted octanol–water partition coefficient (Wildman–Crippen LogP) is 2.94. The summed E-state index contributed by atoms with van der Waals surface area (Å²) in [5.41, 5.74) is 2.83. The van der Waals surface area contributed by atoms with Crippen molar-refractivity contribution in [3.8, 4) is 5.75 Å². The van der Waals surface area contributed by atoms with Crippen LogP contribution < -0.4 is 15.8 Å². The number of oxazole rings is 1. The molecule has 0 atom stereocenters. The molecule has 0 unspecified atom stereocenters. The molecule has 1 N–H and O–H groups in total. The summed E-state index contributed by atoms with van der Waals surface area (Å²) in [6.45, 7) is 4.29. The van der Waals surface area contributed by atoms with Crippen LogP contribution >= 0.6 is 0 Å². The first kappa shape index (κ1) is 15.9. The smallest absolute Gasteiger partial charge is 0.419 e. The molecule has 24 heavy (non-hydrogen) atoms. The fraction of sp³-hybridized carbons (Fsp3) is 0.222. The van der Waals surface area contributed by atoms with Gasteiger partial charge in [-0.15, -0.1) is 0 Å². The molecule has 3 aromatic rings. The van der Waals surface area contributed by atoms with E-state index in [0.717, 1.165) is 5.56 Å². The Morgan fingerprint density at radius 1 is 1.21 bits per heavy atom. The normalized spacial score (nSPS) is 10.8. The Morgan fingerprint density at radius 3 is 2.67 bits per heavy atom. The lowest BCUT2D eigenvalue weighted by Gasteiger charge is -2.08. The zero-order chi connectivity index (χ0) is 17.1. The van der Waals surface area contributed by atoms with Crippen LogP contribution in [0.15, 0.2) is 51.7 Å². The number of rotatable bonds is 5. The van der Waals surface area contributed by atoms with Gasteiger partial charge in [0.25, 0.3) is 5.91 Å². The van der Waals surface area contributed by atoms with Crippen molar-refractivity contribution in [2.24, 2.45) is 0 Å². The molecule has 0 aliphatic rings. The van der Waals surface area contributed by atoms with Gasteiger partial charge >= 0.3 is 5.76 Å². The topological polar surface area (TPSA) is 73.5 Å². The average Bonchev–Trinajstić information content (AvgIpc) is 2.88. The van der Waals surface area contributed by atoms with Gasteiger partial charge in [0.15, 0.2) is 12.2 Å². The molecule has 6 heteroatoms. The molecule has 0 aliphatic heterocycles. The standard InChI is InChI=1S/C18H18N2O4/c1-3-20-15-9-6-13(10-16(15)24-18(20)22)19-17(21)11-23-14-7-4-12(2)5-8-14/h4-10H,3,11H2,1-2H3,(H,19,21). The molecule has 124 valence electrons. The second-order valence-electron chi connectivity index (χ2n) is 5.44. The summed E-state index contributed by atoms with van der Waals surface area (Å²) < 4.78 is 12.1. The summed E-state index contributed by atoms with van der Waals surface area (Å²) in [5, 5.41) is 2.73. The number of fused-ring (bicyclic) bond motifs is 1. The number of hydrogen-bond acceptors (Lipinski definition) is 4. The first-order valence-electron chi connectivity index (χ1n) is 7.69. The molecule has 0 saturated carbocycles. The lowest BCUT2D eigenvalue weighted by Crippen LogP contribution is -2.20. The lowest BCUT2D eigenvalue weighted by molar-refractivity contribution is -0.118. The van der Waals surface area contributed by atoms with Crippen molar-refractivity contribution >= 4 is 22.7 Å². The SMILES string of the molecule is CCn1c(=O)oc2cc(NC(=O)COc3ccc(C)cc3)ccc21. The number of carbonyl (C=O) groups is 1. The van der Waals surface area contributed by atoms with Crippen LogP contribution in [-0.4, -0.2) is 17.1 Å². The van der Waals surface area contributed by atoms with Crippen LogP contribution in [-0.2, 0) is 11.3 Å². The van der Waals surface area contributed by atoms with E-state index in [4.69, 9.17) is 9.15 Å². The molecule has 3 rings (SSSR count). The second-order valence-corrected chi connectivity index (χ2v) is 5.44. The third-order valence-electron chi connectivity index (χ3n) is 3.66. The third-order valence-corrected chi connectivity index (χ3v) is 3.66. The lowest BCUT2D eigenvalue weighted by atomic mass is 10.2. The highest BCUT2D eigenvalue weighted by Crippen LogP contribution is 2.18. The van der Waals surface area contributed by atoms with Gasteiger partial charge in [-0.2, -0.15) is 0 Å². The van der Waals surface area contributed by atoms with Crippen molar-refractivity contribution in [3.05, 3.63) is 58.6 Å². The van der Waals surface area contributed by atoms with Gasteiger partial charge in [-0.3, -0.25) is 9.36 Å². The van der Waals surface area contributed by atoms with E-state index < -0.39 is 5.76 Å². The van der Waals surface area contributed by atoms with Gasteiger partial charge in [-0.05, 0) is 38.1 Å². The minimum absolute atomic E-state index is 0.0962. The van der Waals surface area contributed by atoms with Crippen LogP contribution in [0.25, 0.3) is 11.1 Å². The molecule has 0 radical (unpaired) electrons. The van der Waals surface area contributed by atoms with E-state index in [1.807, 2.05) is 38.1 Å². The molecule has 0 spiro atoms. The van der Waals surface area contributed by atoms with E-state index in [1.165, 1.54) is 4.57 Å². The first-order valence-corrected chi connectivity index (χ1v) is 7.69. The van der Waals surface area contributed by atoms with E-state index >= 15 is 0 Å². The Bertz CT molecular complexity index is 922. The number of anilines is 1. The summed E-state index contributed by atoms with van der Waals surface area (Å²) in [6.07, 6.45) is 0. The van der Waals surface area contributed by atoms with Crippen molar-refractivity contribution in [1.29, 1.82) is 0 Å². The maximum absolute atomic E-state index is 12.0. The van der Waals surface area contributed by atoms with Crippen LogP contribution in [0.1, 0.15) is 12.5 Å². The fourth-order valence-corrected chi connectivity index (χ4v) is 2.42. The van der Waals surface area contributed by atoms with Gasteiger partial charge in [0.05, 0.1) is 5.52 Å². The molecule has 0 bridgehead atoms. The molecule has 0 saturated heterocycles. The molecule has 6 nitrogen and oxygen atoms in total. The number of aryl methyl sites for hydroxylation is 2. The Labute approximate surface area is 138 Å². The number of carbonyl (C=O) groups excluding carboxylic acids is 1. The molecule has 0 fully saturated rings. The number of ether oxygens (including phenoxy) is 1. The van der Waals surface area contributed by atoms with Crippen molar-refractivity contribution in [2.75, 3.05) is 11.9 Å². The minimum atomic E-state index is -0.404. The van der Waals surface area contributed by atoms with Crippen LogP contribution in [0.4, 0.5) is 5.69 Å². The highest BCUT2D eigenvalue weighted by molar-refractivity contribution is 5.93. The van der Waals surface area contributed by atoms with Crippen LogP contribution in [0, 0.1) is 6.92 Å². The van der Waals surface area contributed by atoms with Crippen molar-refractivity contribution in [3.63, 3.8) is 0 Å². The number of nitrogens with zero attached hydrogens (tertiary/aromatic N) is 1. The summed E-state index contributed by atoms with van der Waals surface area (Å²) in [4.78, 5) is 23.7. The third kappa shape index (κ3) is 3.32. The highest BCUT2D eigenvalue weighted by atomic mass is 16.5. The molecular formula is C18H18N2O4. The number of hydrogen-bond donors (Lipinski definition) is 1. The van der Waals surface area contributed by atoms with E-state index in [0.29, 0.717) is 29.1 Å². The molecule has 2 aromatic carbocycles. The fourth-order valence-electron chi connectivity index (χ4n) is 2.42. The Balaban J connectivity index is 1.66. The Morgan fingerprint density at radius 2 is 1.96 bits per heavy atom. The first-order chi connectivity index (χ1) is 11.6. The van der Waals surface area contributed by atoms with Crippen LogP contribution in [0.2, 0.25) is 0 Å². The van der Waals surface area contributed by atoms with Gasteiger partial charge in [-0.1, -0.05) is 17.7 Å². The van der Waals surface area contributed by atoms with Crippen LogP contribution in [0.3, 0.4) is 0 Å². The number of benzene rings is 2. The number of aromatic nitrogens is 1. The molecule has 1 heterocycles. The van der Waals surface area contributed by atoms with E-state index in [2.05, 4.69) is 5.32 Å². The van der Waals surface area contributed by atoms with E-state index in [-0.39, 0.29) is 12.5 Å². The minimum Gasteiger partial charge on any atom is -0.484 e. The predicted molar refractivity (Wildman–Crippen MR) is 91.5 cm³/mol. The summed E-state index contributed by atoms with van der Waals surface area (Å²) in [5.74, 6) is -0.0527. The molecular weight excluding hydrogens is 308 g/mol. The zero-order valence-corrected chi connectivity index (χ0v) is 13.5. The molecule has 1 amide bonds. The largest absolute Gasteiger partial charge is 0.484 e. The zero-order valence-electron chi connectivity index (χ0n) is 13.5. The van der Waals surface area contributed by atoms with E-state index in [9.17, 15) is 9.59 Å². The monoisotopic (exact) mass is 326 g/mol. The highest BCUT2D eigenvalue weighted by Gasteiger charge is 2.10. The molecule has 0 aliphatic carbocycles. The summed E-state index contributed by atoms with van der Waals surface area (Å²) in [6, 6.07) is 12.6. The maximum Gasteiger partial charge on any atom is 0.419 e. The van der Waals surface area contributed by atoms with Crippen LogP contribution in [0.5, 0.6) is 5.75 Å². The van der Waals surface area contributed by atoms with Crippen molar-refractivity contribution in [2.45, 2.75) is 20.4 Å². The Kier molecular flexibility index (Phi) is 4.37.